The molecular formula is C26H34N2O2S. The SMILES string of the molecule is Cc1ccc(CN(C(=O)CCSc2ccc(C)cc2)C(C)C(=O)NC2CCCC2)cc1. The van der Waals surface area contributed by atoms with Gasteiger partial charge >= 0.3 is 0 Å². The van der Waals surface area contributed by atoms with E-state index in [4.69, 9.17) is 0 Å². The van der Waals surface area contributed by atoms with Crippen LogP contribution in [0.25, 0.3) is 0 Å². The van der Waals surface area contributed by atoms with Crippen molar-refractivity contribution < 1.29 is 9.59 Å². The van der Waals surface area contributed by atoms with Gasteiger partial charge in [0.1, 0.15) is 6.04 Å². The van der Waals surface area contributed by atoms with Crippen LogP contribution in [0.1, 0.15) is 55.7 Å². The van der Waals surface area contributed by atoms with Gasteiger partial charge in [0, 0.05) is 29.7 Å². The van der Waals surface area contributed by atoms with Crippen molar-refractivity contribution in [2.24, 2.45) is 0 Å². The number of rotatable bonds is 9. The predicted molar refractivity (Wildman–Crippen MR) is 128 cm³/mol. The number of carbonyl (C=O) groups is 2. The molecule has 166 valence electrons. The summed E-state index contributed by atoms with van der Waals surface area (Å²) in [6, 6.07) is 16.3. The first-order valence-electron chi connectivity index (χ1n) is 11.3. The van der Waals surface area contributed by atoms with E-state index in [1.54, 1.807) is 16.7 Å². The van der Waals surface area contributed by atoms with E-state index in [9.17, 15) is 9.59 Å². The second kappa shape index (κ2) is 11.4. The maximum absolute atomic E-state index is 13.2. The van der Waals surface area contributed by atoms with Gasteiger partial charge in [-0.2, -0.15) is 0 Å². The van der Waals surface area contributed by atoms with Gasteiger partial charge in [0.25, 0.3) is 0 Å². The molecule has 1 N–H and O–H groups in total. The normalized spacial score (nSPS) is 14.9. The lowest BCUT2D eigenvalue weighted by Crippen LogP contribution is -2.49. The molecule has 1 saturated carbocycles. The minimum absolute atomic E-state index is 0.0225. The van der Waals surface area contributed by atoms with Crippen LogP contribution in [-0.2, 0) is 16.1 Å². The third-order valence-electron chi connectivity index (χ3n) is 5.95. The molecule has 3 rings (SSSR count). The first kappa shape index (κ1) is 23.4. The van der Waals surface area contributed by atoms with Gasteiger partial charge in [0.15, 0.2) is 0 Å². The lowest BCUT2D eigenvalue weighted by Gasteiger charge is -2.30. The fraction of sp³-hybridized carbons (Fsp3) is 0.462. The van der Waals surface area contributed by atoms with Crippen molar-refractivity contribution in [2.45, 2.75) is 76.4 Å². The van der Waals surface area contributed by atoms with Crippen molar-refractivity contribution in [3.63, 3.8) is 0 Å². The fourth-order valence-corrected chi connectivity index (χ4v) is 4.74. The highest BCUT2D eigenvalue weighted by molar-refractivity contribution is 7.99. The first-order valence-corrected chi connectivity index (χ1v) is 12.3. The van der Waals surface area contributed by atoms with E-state index in [0.717, 1.165) is 23.3 Å². The van der Waals surface area contributed by atoms with Gasteiger partial charge in [0.2, 0.25) is 11.8 Å². The molecule has 31 heavy (non-hydrogen) atoms. The molecule has 1 fully saturated rings. The molecule has 2 amide bonds. The molecule has 1 aliphatic carbocycles. The van der Waals surface area contributed by atoms with Gasteiger partial charge in [-0.3, -0.25) is 9.59 Å². The van der Waals surface area contributed by atoms with Crippen molar-refractivity contribution >= 4 is 23.6 Å². The predicted octanol–water partition coefficient (Wildman–Crippen LogP) is 5.26. The number of amides is 2. The molecule has 0 heterocycles. The summed E-state index contributed by atoms with van der Waals surface area (Å²) in [4.78, 5) is 29.0. The summed E-state index contributed by atoms with van der Waals surface area (Å²) in [6.07, 6.45) is 4.82. The largest absolute Gasteiger partial charge is 0.352 e. The zero-order valence-electron chi connectivity index (χ0n) is 18.9. The van der Waals surface area contributed by atoms with Crippen LogP contribution >= 0.6 is 11.8 Å². The number of carbonyl (C=O) groups excluding carboxylic acids is 2. The lowest BCUT2D eigenvalue weighted by molar-refractivity contribution is -0.140. The van der Waals surface area contributed by atoms with Gasteiger partial charge in [-0.15, -0.1) is 11.8 Å². The Morgan fingerprint density at radius 1 is 1.00 bits per heavy atom. The Balaban J connectivity index is 1.64. The van der Waals surface area contributed by atoms with Gasteiger partial charge in [-0.05, 0) is 51.3 Å². The van der Waals surface area contributed by atoms with Crippen molar-refractivity contribution in [1.82, 2.24) is 10.2 Å². The van der Waals surface area contributed by atoms with E-state index in [2.05, 4.69) is 48.6 Å². The van der Waals surface area contributed by atoms with Crippen LogP contribution in [0.5, 0.6) is 0 Å². The molecule has 1 atom stereocenters. The van der Waals surface area contributed by atoms with Gasteiger partial charge in [0.05, 0.1) is 0 Å². The van der Waals surface area contributed by atoms with Crippen LogP contribution in [-0.4, -0.2) is 34.6 Å². The van der Waals surface area contributed by atoms with Gasteiger partial charge in [-0.25, -0.2) is 0 Å². The molecule has 0 spiro atoms. The number of thioether (sulfide) groups is 1. The van der Waals surface area contributed by atoms with Crippen molar-refractivity contribution in [3.8, 4) is 0 Å². The minimum Gasteiger partial charge on any atom is -0.352 e. The van der Waals surface area contributed by atoms with Crippen LogP contribution in [0.3, 0.4) is 0 Å². The average molecular weight is 439 g/mol. The summed E-state index contributed by atoms with van der Waals surface area (Å²) in [5.74, 6) is 0.677. The number of nitrogens with zero attached hydrogens (tertiary/aromatic N) is 1. The second-order valence-electron chi connectivity index (χ2n) is 8.58. The smallest absolute Gasteiger partial charge is 0.242 e. The van der Waals surface area contributed by atoms with Crippen LogP contribution in [0.15, 0.2) is 53.4 Å². The lowest BCUT2D eigenvalue weighted by atomic mass is 10.1. The number of nitrogens with one attached hydrogen (secondary N) is 1. The van der Waals surface area contributed by atoms with Crippen LogP contribution in [0, 0.1) is 13.8 Å². The van der Waals surface area contributed by atoms with E-state index in [1.807, 2.05) is 26.0 Å². The highest BCUT2D eigenvalue weighted by Crippen LogP contribution is 2.21. The monoisotopic (exact) mass is 438 g/mol. The molecule has 4 nitrogen and oxygen atoms in total. The van der Waals surface area contributed by atoms with Crippen molar-refractivity contribution in [2.75, 3.05) is 5.75 Å². The molecule has 2 aromatic carbocycles. The molecule has 5 heteroatoms. The minimum atomic E-state index is -0.487. The highest BCUT2D eigenvalue weighted by atomic mass is 32.2. The Bertz CT molecular complexity index is 858. The third kappa shape index (κ3) is 7.13. The first-order chi connectivity index (χ1) is 14.9. The second-order valence-corrected chi connectivity index (χ2v) is 9.75. The van der Waals surface area contributed by atoms with Crippen molar-refractivity contribution in [3.05, 3.63) is 65.2 Å². The molecule has 1 unspecified atom stereocenters. The third-order valence-corrected chi connectivity index (χ3v) is 6.96. The van der Waals surface area contributed by atoms with E-state index >= 15 is 0 Å². The molecule has 0 aliphatic heterocycles. The summed E-state index contributed by atoms with van der Waals surface area (Å²) in [6.45, 7) is 6.42. The Hall–Kier alpha value is -2.27. The van der Waals surface area contributed by atoms with Gasteiger partial charge in [-0.1, -0.05) is 60.4 Å². The number of aryl methyl sites for hydroxylation is 2. The quantitative estimate of drug-likeness (QED) is 0.543. The van der Waals surface area contributed by atoms with E-state index in [-0.39, 0.29) is 17.9 Å². The Morgan fingerprint density at radius 2 is 1.58 bits per heavy atom. The maximum Gasteiger partial charge on any atom is 0.242 e. The molecule has 0 aromatic heterocycles. The van der Waals surface area contributed by atoms with Crippen LogP contribution in [0.2, 0.25) is 0 Å². The number of benzene rings is 2. The van der Waals surface area contributed by atoms with E-state index in [1.165, 1.54) is 24.0 Å². The standard InChI is InChI=1S/C26H34N2O2S/c1-19-8-12-22(13-9-19)18-28(21(3)26(30)27-23-6-4-5-7-23)25(29)16-17-31-24-14-10-20(2)11-15-24/h8-15,21,23H,4-7,16-18H2,1-3H3,(H,27,30). The topological polar surface area (TPSA) is 49.4 Å². The molecule has 0 bridgehead atoms. The summed E-state index contributed by atoms with van der Waals surface area (Å²) >= 11 is 1.68. The van der Waals surface area contributed by atoms with Crippen LogP contribution < -0.4 is 5.32 Å². The van der Waals surface area contributed by atoms with E-state index < -0.39 is 6.04 Å². The zero-order chi connectivity index (χ0) is 22.2. The van der Waals surface area contributed by atoms with Crippen molar-refractivity contribution in [1.29, 1.82) is 0 Å². The van der Waals surface area contributed by atoms with Gasteiger partial charge < -0.3 is 10.2 Å². The van der Waals surface area contributed by atoms with E-state index in [0.29, 0.717) is 18.7 Å². The van der Waals surface area contributed by atoms with Crippen LogP contribution in [0.4, 0.5) is 0 Å². The number of hydrogen-bond donors (Lipinski definition) is 1. The summed E-state index contributed by atoms with van der Waals surface area (Å²) in [7, 11) is 0. The summed E-state index contributed by atoms with van der Waals surface area (Å²) < 4.78 is 0. The molecule has 0 radical (unpaired) electrons. The summed E-state index contributed by atoms with van der Waals surface area (Å²) in [5.41, 5.74) is 3.46. The molecule has 0 saturated heterocycles. The molecule has 1 aliphatic rings. The fourth-order valence-electron chi connectivity index (χ4n) is 3.90. The summed E-state index contributed by atoms with van der Waals surface area (Å²) in [5, 5.41) is 3.16. The number of hydrogen-bond acceptors (Lipinski definition) is 3. The maximum atomic E-state index is 13.2. The average Bonchev–Trinajstić information content (AvgIpc) is 3.27. The zero-order valence-corrected chi connectivity index (χ0v) is 19.7. The molecular weight excluding hydrogens is 404 g/mol. The molecule has 2 aromatic rings. The highest BCUT2D eigenvalue weighted by Gasteiger charge is 2.28. The Kier molecular flexibility index (Phi) is 8.59. The Labute approximate surface area is 190 Å². The Morgan fingerprint density at radius 3 is 2.19 bits per heavy atom.